The summed E-state index contributed by atoms with van der Waals surface area (Å²) in [5, 5.41) is 3.30. The maximum atomic E-state index is 5.84. The van der Waals surface area contributed by atoms with Crippen LogP contribution in [0.1, 0.15) is 16.3 Å². The molecule has 1 N–H and O–H groups in total. The minimum Gasteiger partial charge on any atom is -0.306 e. The second kappa shape index (κ2) is 5.39. The van der Waals surface area contributed by atoms with E-state index in [9.17, 15) is 0 Å². The van der Waals surface area contributed by atoms with Gasteiger partial charge in [0, 0.05) is 30.4 Å². The summed E-state index contributed by atoms with van der Waals surface area (Å²) < 4.78 is 0.826. The Labute approximate surface area is 104 Å². The zero-order chi connectivity index (χ0) is 11.4. The van der Waals surface area contributed by atoms with Crippen molar-refractivity contribution in [2.75, 3.05) is 0 Å². The Morgan fingerprint density at radius 3 is 2.75 bits per heavy atom. The van der Waals surface area contributed by atoms with E-state index in [-0.39, 0.29) is 0 Å². The number of aryl methyl sites for hydroxylation is 1. The largest absolute Gasteiger partial charge is 0.306 e. The number of aromatic nitrogens is 2. The van der Waals surface area contributed by atoms with E-state index in [0.717, 1.165) is 28.8 Å². The molecule has 5 heteroatoms. The molecule has 0 aliphatic rings. The average molecular weight is 254 g/mol. The van der Waals surface area contributed by atoms with Gasteiger partial charge in [0.1, 0.15) is 0 Å². The summed E-state index contributed by atoms with van der Waals surface area (Å²) in [4.78, 5) is 9.68. The van der Waals surface area contributed by atoms with Gasteiger partial charge in [-0.15, -0.1) is 11.3 Å². The lowest BCUT2D eigenvalue weighted by molar-refractivity contribution is 0.682. The van der Waals surface area contributed by atoms with Crippen LogP contribution in [0.2, 0.25) is 4.34 Å². The summed E-state index contributed by atoms with van der Waals surface area (Å²) in [6.07, 6.45) is 3.57. The average Bonchev–Trinajstić information content (AvgIpc) is 2.67. The van der Waals surface area contributed by atoms with Crippen LogP contribution in [-0.2, 0) is 13.1 Å². The van der Waals surface area contributed by atoms with Crippen LogP contribution in [0.15, 0.2) is 24.5 Å². The molecule has 0 aliphatic heterocycles. The summed E-state index contributed by atoms with van der Waals surface area (Å²) in [7, 11) is 0. The second-order valence-electron chi connectivity index (χ2n) is 3.46. The van der Waals surface area contributed by atoms with E-state index in [1.165, 1.54) is 4.88 Å². The smallest absolute Gasteiger partial charge is 0.0931 e. The van der Waals surface area contributed by atoms with Gasteiger partial charge in [0.05, 0.1) is 15.7 Å². The first-order valence-corrected chi connectivity index (χ1v) is 6.16. The third kappa shape index (κ3) is 3.27. The van der Waals surface area contributed by atoms with Crippen LogP contribution in [-0.4, -0.2) is 9.97 Å². The fraction of sp³-hybridized carbons (Fsp3) is 0.273. The van der Waals surface area contributed by atoms with Gasteiger partial charge in [0.25, 0.3) is 0 Å². The van der Waals surface area contributed by atoms with Gasteiger partial charge in [0.15, 0.2) is 0 Å². The molecule has 84 valence electrons. The van der Waals surface area contributed by atoms with Crippen LogP contribution in [0.3, 0.4) is 0 Å². The van der Waals surface area contributed by atoms with Gasteiger partial charge in [-0.3, -0.25) is 9.97 Å². The minimum atomic E-state index is 0.725. The number of hydrogen-bond acceptors (Lipinski definition) is 4. The summed E-state index contributed by atoms with van der Waals surface area (Å²) in [6.45, 7) is 3.47. The van der Waals surface area contributed by atoms with Crippen molar-refractivity contribution in [3.05, 3.63) is 45.1 Å². The molecule has 0 saturated heterocycles. The standard InChI is InChI=1S/C11H12ClN3S/c1-8-4-15-9(6-14-8)5-13-7-10-2-3-11(12)16-10/h2-4,6,13H,5,7H2,1H3. The molecule has 2 heterocycles. The van der Waals surface area contributed by atoms with Gasteiger partial charge in [-0.05, 0) is 19.1 Å². The second-order valence-corrected chi connectivity index (χ2v) is 5.26. The van der Waals surface area contributed by atoms with Crippen molar-refractivity contribution in [2.24, 2.45) is 0 Å². The Kier molecular flexibility index (Phi) is 3.88. The molecule has 0 aliphatic carbocycles. The third-order valence-electron chi connectivity index (χ3n) is 2.07. The van der Waals surface area contributed by atoms with E-state index in [1.807, 2.05) is 19.1 Å². The third-order valence-corrected chi connectivity index (χ3v) is 3.30. The molecule has 0 aromatic carbocycles. The molecule has 0 amide bonds. The summed E-state index contributed by atoms with van der Waals surface area (Å²) in [5.41, 5.74) is 1.89. The first-order chi connectivity index (χ1) is 7.74. The van der Waals surface area contributed by atoms with Gasteiger partial charge < -0.3 is 5.32 Å². The first kappa shape index (κ1) is 11.5. The van der Waals surface area contributed by atoms with Gasteiger partial charge in [-0.1, -0.05) is 11.6 Å². The Bertz CT molecular complexity index is 453. The topological polar surface area (TPSA) is 37.8 Å². The van der Waals surface area contributed by atoms with Crippen LogP contribution in [0.25, 0.3) is 0 Å². The predicted octanol–water partition coefficient (Wildman–Crippen LogP) is 2.79. The van der Waals surface area contributed by atoms with Crippen LogP contribution in [0.5, 0.6) is 0 Å². The highest BCUT2D eigenvalue weighted by molar-refractivity contribution is 7.16. The van der Waals surface area contributed by atoms with Crippen molar-refractivity contribution in [3.8, 4) is 0 Å². The highest BCUT2D eigenvalue weighted by Crippen LogP contribution is 2.20. The normalized spacial score (nSPS) is 10.6. The molecule has 0 atom stereocenters. The summed E-state index contributed by atoms with van der Waals surface area (Å²) >= 11 is 7.43. The molecular formula is C11H12ClN3S. The van der Waals surface area contributed by atoms with E-state index in [1.54, 1.807) is 23.7 Å². The Morgan fingerprint density at radius 2 is 2.12 bits per heavy atom. The van der Waals surface area contributed by atoms with Crippen LogP contribution in [0, 0.1) is 6.92 Å². The predicted molar refractivity (Wildman–Crippen MR) is 66.6 cm³/mol. The lowest BCUT2D eigenvalue weighted by atomic mass is 10.4. The maximum absolute atomic E-state index is 5.84. The number of halogens is 1. The SMILES string of the molecule is Cc1cnc(CNCc2ccc(Cl)s2)cn1. The fourth-order valence-corrected chi connectivity index (χ4v) is 2.33. The molecule has 0 fully saturated rings. The van der Waals surface area contributed by atoms with Crippen LogP contribution < -0.4 is 5.32 Å². The van der Waals surface area contributed by atoms with E-state index in [2.05, 4.69) is 15.3 Å². The van der Waals surface area contributed by atoms with E-state index >= 15 is 0 Å². The zero-order valence-electron chi connectivity index (χ0n) is 8.90. The Balaban J connectivity index is 1.82. The zero-order valence-corrected chi connectivity index (χ0v) is 10.5. The maximum Gasteiger partial charge on any atom is 0.0931 e. The Morgan fingerprint density at radius 1 is 1.25 bits per heavy atom. The van der Waals surface area contributed by atoms with Crippen LogP contribution in [0.4, 0.5) is 0 Å². The van der Waals surface area contributed by atoms with E-state index < -0.39 is 0 Å². The molecule has 0 bridgehead atoms. The van der Waals surface area contributed by atoms with Crippen molar-refractivity contribution >= 4 is 22.9 Å². The first-order valence-electron chi connectivity index (χ1n) is 4.96. The molecule has 0 spiro atoms. The lowest BCUT2D eigenvalue weighted by Gasteiger charge is -2.02. The quantitative estimate of drug-likeness (QED) is 0.911. The van der Waals surface area contributed by atoms with Gasteiger partial charge in [-0.2, -0.15) is 0 Å². The summed E-state index contributed by atoms with van der Waals surface area (Å²) in [6, 6.07) is 3.94. The van der Waals surface area contributed by atoms with Crippen molar-refractivity contribution in [1.82, 2.24) is 15.3 Å². The summed E-state index contributed by atoms with van der Waals surface area (Å²) in [5.74, 6) is 0. The lowest BCUT2D eigenvalue weighted by Crippen LogP contribution is -2.13. The molecule has 0 unspecified atom stereocenters. The molecule has 3 nitrogen and oxygen atoms in total. The molecule has 2 aromatic heterocycles. The minimum absolute atomic E-state index is 0.725. The highest BCUT2D eigenvalue weighted by Gasteiger charge is 1.98. The van der Waals surface area contributed by atoms with Gasteiger partial charge in [-0.25, -0.2) is 0 Å². The van der Waals surface area contributed by atoms with Crippen LogP contribution >= 0.6 is 22.9 Å². The highest BCUT2D eigenvalue weighted by atomic mass is 35.5. The van der Waals surface area contributed by atoms with Crippen molar-refractivity contribution < 1.29 is 0 Å². The number of nitrogens with zero attached hydrogens (tertiary/aromatic N) is 2. The van der Waals surface area contributed by atoms with Crippen molar-refractivity contribution in [3.63, 3.8) is 0 Å². The van der Waals surface area contributed by atoms with Crippen molar-refractivity contribution in [1.29, 1.82) is 0 Å². The fourth-order valence-electron chi connectivity index (χ4n) is 1.27. The van der Waals surface area contributed by atoms with Gasteiger partial charge in [0.2, 0.25) is 0 Å². The molecule has 0 radical (unpaired) electrons. The molecule has 0 saturated carbocycles. The molecule has 2 rings (SSSR count). The number of thiophene rings is 1. The number of rotatable bonds is 4. The van der Waals surface area contributed by atoms with E-state index in [0.29, 0.717) is 0 Å². The number of hydrogen-bond donors (Lipinski definition) is 1. The molecule has 2 aromatic rings. The molecule has 16 heavy (non-hydrogen) atoms. The van der Waals surface area contributed by atoms with Crippen molar-refractivity contribution in [2.45, 2.75) is 20.0 Å². The molecular weight excluding hydrogens is 242 g/mol. The number of nitrogens with one attached hydrogen (secondary N) is 1. The monoisotopic (exact) mass is 253 g/mol. The van der Waals surface area contributed by atoms with E-state index in [4.69, 9.17) is 11.6 Å². The van der Waals surface area contributed by atoms with Gasteiger partial charge >= 0.3 is 0 Å². The Hall–Kier alpha value is -0.970.